The van der Waals surface area contributed by atoms with E-state index in [1.165, 1.54) is 11.1 Å². The highest BCUT2D eigenvalue weighted by molar-refractivity contribution is 6.08. The molecule has 3 atom stereocenters. The minimum absolute atomic E-state index is 0.0494. The van der Waals surface area contributed by atoms with Crippen molar-refractivity contribution >= 4 is 17.7 Å². The Morgan fingerprint density at radius 2 is 1.79 bits per heavy atom. The third-order valence-corrected chi connectivity index (χ3v) is 7.26. The summed E-state index contributed by atoms with van der Waals surface area (Å²) >= 11 is 0. The zero-order valence-electron chi connectivity index (χ0n) is 19.1. The molecule has 1 saturated heterocycles. The summed E-state index contributed by atoms with van der Waals surface area (Å²) in [5.74, 6) is 0.555. The smallest absolute Gasteiger partial charge is 0.257 e. The Bertz CT molecular complexity index is 1020. The van der Waals surface area contributed by atoms with Crippen LogP contribution in [0.5, 0.6) is 0 Å². The number of nitrogens with zero attached hydrogens (tertiary/aromatic N) is 3. The number of amides is 1. The molecule has 5 nitrogen and oxygen atoms in total. The molecule has 5 heteroatoms. The summed E-state index contributed by atoms with van der Waals surface area (Å²) in [6.45, 7) is 2.25. The molecule has 0 bridgehead atoms. The van der Waals surface area contributed by atoms with Crippen molar-refractivity contribution < 1.29 is 9.90 Å². The van der Waals surface area contributed by atoms with Crippen molar-refractivity contribution in [3.63, 3.8) is 0 Å². The molecule has 5 rings (SSSR count). The summed E-state index contributed by atoms with van der Waals surface area (Å²) in [6, 6.07) is 20.7. The number of allylic oxidation sites excluding steroid dienone is 1. The molecule has 172 valence electrons. The lowest BCUT2D eigenvalue weighted by molar-refractivity contribution is -0.135. The number of fused-ring (bicyclic) bond motifs is 1. The maximum absolute atomic E-state index is 13.6. The number of piperidine rings is 1. The van der Waals surface area contributed by atoms with Crippen molar-refractivity contribution in [1.82, 2.24) is 9.91 Å². The van der Waals surface area contributed by atoms with E-state index in [1.54, 1.807) is 5.01 Å². The van der Waals surface area contributed by atoms with Crippen molar-refractivity contribution in [3.05, 3.63) is 77.4 Å². The largest absolute Gasteiger partial charge is 0.396 e. The first-order valence-corrected chi connectivity index (χ1v) is 12.3. The van der Waals surface area contributed by atoms with Crippen LogP contribution in [0.25, 0.3) is 6.08 Å². The Labute approximate surface area is 196 Å². The van der Waals surface area contributed by atoms with E-state index in [-0.39, 0.29) is 30.4 Å². The van der Waals surface area contributed by atoms with E-state index in [0.29, 0.717) is 6.54 Å². The molecule has 1 amide bonds. The second-order valence-corrected chi connectivity index (χ2v) is 9.58. The van der Waals surface area contributed by atoms with Gasteiger partial charge < -0.3 is 5.11 Å². The van der Waals surface area contributed by atoms with Gasteiger partial charge in [-0.25, -0.2) is 5.01 Å². The van der Waals surface area contributed by atoms with Gasteiger partial charge in [0.15, 0.2) is 0 Å². The van der Waals surface area contributed by atoms with Crippen molar-refractivity contribution in [3.8, 4) is 0 Å². The maximum Gasteiger partial charge on any atom is 0.257 e. The molecular formula is C28H33N3O2. The molecule has 2 aromatic rings. The van der Waals surface area contributed by atoms with Crippen molar-refractivity contribution in [1.29, 1.82) is 0 Å². The molecule has 2 aromatic carbocycles. The van der Waals surface area contributed by atoms with Gasteiger partial charge in [0.25, 0.3) is 5.91 Å². The number of likely N-dealkylation sites (tertiary alicyclic amines) is 1. The fourth-order valence-corrected chi connectivity index (χ4v) is 5.65. The quantitative estimate of drug-likeness (QED) is 0.740. The predicted molar refractivity (Wildman–Crippen MR) is 131 cm³/mol. The number of hydrogen-bond donors (Lipinski definition) is 1. The van der Waals surface area contributed by atoms with Gasteiger partial charge in [-0.05, 0) is 67.3 Å². The summed E-state index contributed by atoms with van der Waals surface area (Å²) < 4.78 is 0. The molecule has 2 fully saturated rings. The van der Waals surface area contributed by atoms with Crippen LogP contribution in [-0.2, 0) is 4.79 Å². The summed E-state index contributed by atoms with van der Waals surface area (Å²) in [6.07, 6.45) is 7.47. The Hall–Kier alpha value is -2.76. The first kappa shape index (κ1) is 22.1. The molecule has 33 heavy (non-hydrogen) atoms. The van der Waals surface area contributed by atoms with Crippen LogP contribution in [0.4, 0.5) is 0 Å². The van der Waals surface area contributed by atoms with Crippen molar-refractivity contribution in [2.24, 2.45) is 16.9 Å². The van der Waals surface area contributed by atoms with Crippen LogP contribution in [0.1, 0.15) is 49.3 Å². The van der Waals surface area contributed by atoms with Crippen LogP contribution in [0, 0.1) is 11.8 Å². The number of benzene rings is 2. The fourth-order valence-electron chi connectivity index (χ4n) is 5.65. The molecular weight excluding hydrogens is 410 g/mol. The van der Waals surface area contributed by atoms with Gasteiger partial charge in [-0.3, -0.25) is 9.69 Å². The van der Waals surface area contributed by atoms with E-state index in [1.807, 2.05) is 12.1 Å². The summed E-state index contributed by atoms with van der Waals surface area (Å²) in [5, 5.41) is 16.4. The molecule has 1 saturated carbocycles. The zero-order valence-corrected chi connectivity index (χ0v) is 19.1. The molecule has 2 aliphatic heterocycles. The number of carbonyl (C=O) groups excluding carboxylic acids is 1. The van der Waals surface area contributed by atoms with Gasteiger partial charge in [0.2, 0.25) is 0 Å². The predicted octanol–water partition coefficient (Wildman–Crippen LogP) is 4.51. The first-order chi connectivity index (χ1) is 16.2. The molecule has 3 unspecified atom stereocenters. The van der Waals surface area contributed by atoms with Crippen LogP contribution in [0.3, 0.4) is 0 Å². The summed E-state index contributed by atoms with van der Waals surface area (Å²) in [7, 11) is 0. The van der Waals surface area contributed by atoms with Gasteiger partial charge in [-0.15, -0.1) is 0 Å². The Morgan fingerprint density at radius 1 is 1.03 bits per heavy atom. The average molecular weight is 444 g/mol. The number of aliphatic hydroxyl groups is 1. The number of hydrogen-bond acceptors (Lipinski definition) is 4. The van der Waals surface area contributed by atoms with Gasteiger partial charge in [0.1, 0.15) is 0 Å². The molecule has 0 aromatic heterocycles. The van der Waals surface area contributed by atoms with E-state index in [4.69, 9.17) is 5.10 Å². The third-order valence-electron chi connectivity index (χ3n) is 7.26. The number of hydrazone groups is 1. The molecule has 2 heterocycles. The highest BCUT2D eigenvalue weighted by atomic mass is 16.3. The minimum atomic E-state index is -0.0494. The normalized spacial score (nSPS) is 26.8. The lowest BCUT2D eigenvalue weighted by Gasteiger charge is -2.33. The van der Waals surface area contributed by atoms with Gasteiger partial charge in [0.05, 0.1) is 18.3 Å². The highest BCUT2D eigenvalue weighted by Crippen LogP contribution is 2.44. The highest BCUT2D eigenvalue weighted by Gasteiger charge is 2.43. The standard InChI is InChI=1S/C28H33N3O2/c32-20-22-11-8-16-30(18-22)19-26(33)31-28(23-12-5-2-6-13-23)25-15-7-14-24(27(25)29-31)17-21-9-3-1-4-10-21/h1-6,9-10,12-13,17,22,25,28,32H,7-8,11,14-16,18-20H2/b24-17-. The zero-order chi connectivity index (χ0) is 22.6. The van der Waals surface area contributed by atoms with Gasteiger partial charge in [0, 0.05) is 19.1 Å². The maximum atomic E-state index is 13.6. The van der Waals surface area contributed by atoms with E-state index in [9.17, 15) is 9.90 Å². The van der Waals surface area contributed by atoms with Crippen molar-refractivity contribution in [2.45, 2.75) is 38.1 Å². The lowest BCUT2D eigenvalue weighted by atomic mass is 9.77. The van der Waals surface area contributed by atoms with E-state index >= 15 is 0 Å². The second kappa shape index (κ2) is 10.0. The van der Waals surface area contributed by atoms with Crippen LogP contribution >= 0.6 is 0 Å². The van der Waals surface area contributed by atoms with Crippen LogP contribution in [0.2, 0.25) is 0 Å². The van der Waals surface area contributed by atoms with Gasteiger partial charge in [-0.2, -0.15) is 5.10 Å². The topological polar surface area (TPSA) is 56.1 Å². The van der Waals surface area contributed by atoms with Crippen LogP contribution < -0.4 is 0 Å². The number of aliphatic hydroxyl groups excluding tert-OH is 1. The second-order valence-electron chi connectivity index (χ2n) is 9.58. The van der Waals surface area contributed by atoms with E-state index in [0.717, 1.165) is 56.5 Å². The average Bonchev–Trinajstić information content (AvgIpc) is 3.26. The summed E-state index contributed by atoms with van der Waals surface area (Å²) in [5.41, 5.74) is 4.67. The molecule has 3 aliphatic rings. The molecule has 0 spiro atoms. The van der Waals surface area contributed by atoms with Gasteiger partial charge in [-0.1, -0.05) is 60.7 Å². The Balaban J connectivity index is 1.45. The molecule has 0 radical (unpaired) electrons. The first-order valence-electron chi connectivity index (χ1n) is 12.3. The minimum Gasteiger partial charge on any atom is -0.396 e. The lowest BCUT2D eigenvalue weighted by Crippen LogP contribution is -2.44. The number of carbonyl (C=O) groups is 1. The van der Waals surface area contributed by atoms with E-state index < -0.39 is 0 Å². The number of rotatable bonds is 5. The fraction of sp³-hybridized carbons (Fsp3) is 0.429. The van der Waals surface area contributed by atoms with Gasteiger partial charge >= 0.3 is 0 Å². The van der Waals surface area contributed by atoms with Crippen molar-refractivity contribution in [2.75, 3.05) is 26.2 Å². The molecule has 1 N–H and O–H groups in total. The van der Waals surface area contributed by atoms with Crippen LogP contribution in [0.15, 0.2) is 71.3 Å². The summed E-state index contributed by atoms with van der Waals surface area (Å²) in [4.78, 5) is 15.8. The Kier molecular flexibility index (Phi) is 6.70. The van der Waals surface area contributed by atoms with E-state index in [2.05, 4.69) is 59.5 Å². The Morgan fingerprint density at radius 3 is 2.55 bits per heavy atom. The molecule has 1 aliphatic carbocycles. The monoisotopic (exact) mass is 443 g/mol. The van der Waals surface area contributed by atoms with Crippen LogP contribution in [-0.4, -0.2) is 52.9 Å². The third kappa shape index (κ3) is 4.80. The SMILES string of the molecule is O=C(CN1CCCC(CO)C1)N1N=C2/C(=C\c3ccccc3)CCCC2C1c1ccccc1.